The zero-order valence-electron chi connectivity index (χ0n) is 9.46. The third-order valence-corrected chi connectivity index (χ3v) is 2.52. The van der Waals surface area contributed by atoms with Gasteiger partial charge in [-0.1, -0.05) is 13.0 Å². The summed E-state index contributed by atoms with van der Waals surface area (Å²) < 4.78 is 5.50. The standard InChI is InChI=1S/C13H13NO3/c1-2-11(13(15)16)17-12-7-3-6-10-9(12)5-4-8-14-10/h3-8,11H,2H2,1H3,(H,15,16). The number of hydrogen-bond donors (Lipinski definition) is 1. The Kier molecular flexibility index (Phi) is 3.23. The molecule has 1 atom stereocenters. The van der Waals surface area contributed by atoms with E-state index in [4.69, 9.17) is 9.84 Å². The predicted octanol–water partition coefficient (Wildman–Crippen LogP) is 2.48. The highest BCUT2D eigenvalue weighted by Crippen LogP contribution is 2.25. The van der Waals surface area contributed by atoms with Gasteiger partial charge in [-0.05, 0) is 30.7 Å². The summed E-state index contributed by atoms with van der Waals surface area (Å²) in [5, 5.41) is 9.79. The molecule has 0 amide bonds. The number of aromatic nitrogens is 1. The zero-order chi connectivity index (χ0) is 12.3. The van der Waals surface area contributed by atoms with Crippen molar-refractivity contribution in [1.82, 2.24) is 4.98 Å². The topological polar surface area (TPSA) is 59.4 Å². The van der Waals surface area contributed by atoms with Crippen molar-refractivity contribution in [2.45, 2.75) is 19.4 Å². The largest absolute Gasteiger partial charge is 0.479 e. The van der Waals surface area contributed by atoms with Gasteiger partial charge in [0.2, 0.25) is 0 Å². The van der Waals surface area contributed by atoms with Gasteiger partial charge in [0.1, 0.15) is 5.75 Å². The highest BCUT2D eigenvalue weighted by Gasteiger charge is 2.17. The van der Waals surface area contributed by atoms with E-state index in [2.05, 4.69) is 4.98 Å². The molecule has 4 heteroatoms. The maximum absolute atomic E-state index is 10.9. The number of carboxylic acids is 1. The van der Waals surface area contributed by atoms with Gasteiger partial charge in [0.25, 0.3) is 0 Å². The Balaban J connectivity index is 2.38. The summed E-state index contributed by atoms with van der Waals surface area (Å²) in [5.41, 5.74) is 0.797. The van der Waals surface area contributed by atoms with Crippen LogP contribution in [-0.4, -0.2) is 22.2 Å². The predicted molar refractivity (Wildman–Crippen MR) is 64.1 cm³/mol. The molecule has 0 radical (unpaired) electrons. The SMILES string of the molecule is CCC(Oc1cccc2ncccc12)C(=O)O. The lowest BCUT2D eigenvalue weighted by atomic mass is 10.2. The van der Waals surface area contributed by atoms with Crippen LogP contribution in [0.1, 0.15) is 13.3 Å². The molecule has 0 spiro atoms. The van der Waals surface area contributed by atoms with E-state index >= 15 is 0 Å². The Morgan fingerprint density at radius 1 is 1.41 bits per heavy atom. The second-order valence-corrected chi connectivity index (χ2v) is 3.68. The minimum Gasteiger partial charge on any atom is -0.479 e. The van der Waals surface area contributed by atoms with E-state index in [9.17, 15) is 4.79 Å². The number of hydrogen-bond acceptors (Lipinski definition) is 3. The summed E-state index contributed by atoms with van der Waals surface area (Å²) in [7, 11) is 0. The highest BCUT2D eigenvalue weighted by atomic mass is 16.5. The lowest BCUT2D eigenvalue weighted by Crippen LogP contribution is -2.25. The van der Waals surface area contributed by atoms with Crippen molar-refractivity contribution in [1.29, 1.82) is 0 Å². The quantitative estimate of drug-likeness (QED) is 0.878. The highest BCUT2D eigenvalue weighted by molar-refractivity contribution is 5.85. The molecule has 1 aromatic heterocycles. The Morgan fingerprint density at radius 3 is 2.94 bits per heavy atom. The summed E-state index contributed by atoms with van der Waals surface area (Å²) >= 11 is 0. The first-order valence-corrected chi connectivity index (χ1v) is 5.45. The molecule has 0 aliphatic rings. The van der Waals surface area contributed by atoms with E-state index in [1.54, 1.807) is 31.3 Å². The van der Waals surface area contributed by atoms with Crippen LogP contribution in [0.25, 0.3) is 10.9 Å². The van der Waals surface area contributed by atoms with E-state index in [0.717, 1.165) is 10.9 Å². The van der Waals surface area contributed by atoms with E-state index in [1.165, 1.54) is 0 Å². The van der Waals surface area contributed by atoms with Crippen LogP contribution in [0.15, 0.2) is 36.5 Å². The van der Waals surface area contributed by atoms with Crippen LogP contribution in [-0.2, 0) is 4.79 Å². The Hall–Kier alpha value is -2.10. The van der Waals surface area contributed by atoms with Crippen molar-refractivity contribution in [2.24, 2.45) is 0 Å². The van der Waals surface area contributed by atoms with Gasteiger partial charge in [0.05, 0.1) is 5.52 Å². The van der Waals surface area contributed by atoms with Crippen LogP contribution in [0.2, 0.25) is 0 Å². The number of fused-ring (bicyclic) bond motifs is 1. The van der Waals surface area contributed by atoms with Crippen LogP contribution in [0, 0.1) is 0 Å². The van der Waals surface area contributed by atoms with Gasteiger partial charge >= 0.3 is 5.97 Å². The molecule has 0 aliphatic carbocycles. The van der Waals surface area contributed by atoms with Crippen molar-refractivity contribution in [3.05, 3.63) is 36.5 Å². The lowest BCUT2D eigenvalue weighted by Gasteiger charge is -2.14. The molecule has 1 unspecified atom stereocenters. The summed E-state index contributed by atoms with van der Waals surface area (Å²) in [5.74, 6) is -0.391. The minimum atomic E-state index is -0.951. The van der Waals surface area contributed by atoms with Gasteiger partial charge in [-0.3, -0.25) is 4.98 Å². The maximum atomic E-state index is 10.9. The van der Waals surface area contributed by atoms with E-state index in [-0.39, 0.29) is 0 Å². The van der Waals surface area contributed by atoms with Crippen molar-refractivity contribution in [3.63, 3.8) is 0 Å². The summed E-state index contributed by atoms with van der Waals surface area (Å²) in [6.07, 6.45) is 1.30. The number of rotatable bonds is 4. The molecular weight excluding hydrogens is 218 g/mol. The molecule has 0 saturated heterocycles. The van der Waals surface area contributed by atoms with Crippen LogP contribution in [0.4, 0.5) is 0 Å². The van der Waals surface area contributed by atoms with Gasteiger partial charge in [0.15, 0.2) is 6.10 Å². The number of carbonyl (C=O) groups is 1. The molecule has 1 N–H and O–H groups in total. The number of nitrogens with zero attached hydrogens (tertiary/aromatic N) is 1. The first-order chi connectivity index (χ1) is 8.22. The molecule has 1 heterocycles. The molecule has 17 heavy (non-hydrogen) atoms. The molecule has 0 aliphatic heterocycles. The molecule has 0 saturated carbocycles. The number of ether oxygens (including phenoxy) is 1. The third-order valence-electron chi connectivity index (χ3n) is 2.52. The first kappa shape index (κ1) is 11.4. The van der Waals surface area contributed by atoms with Crippen LogP contribution >= 0.6 is 0 Å². The summed E-state index contributed by atoms with van der Waals surface area (Å²) in [6.45, 7) is 1.78. The van der Waals surface area contributed by atoms with Crippen molar-refractivity contribution >= 4 is 16.9 Å². The third kappa shape index (κ3) is 2.36. The number of aliphatic carboxylic acids is 1. The number of pyridine rings is 1. The average Bonchev–Trinajstić information content (AvgIpc) is 2.35. The van der Waals surface area contributed by atoms with Crippen molar-refractivity contribution in [2.75, 3.05) is 0 Å². The molecule has 1 aromatic carbocycles. The Labute approximate surface area is 98.9 Å². The summed E-state index contributed by atoms with van der Waals surface area (Å²) in [6, 6.07) is 9.10. The smallest absolute Gasteiger partial charge is 0.344 e. The first-order valence-electron chi connectivity index (χ1n) is 5.45. The maximum Gasteiger partial charge on any atom is 0.344 e. The lowest BCUT2D eigenvalue weighted by molar-refractivity contribution is -0.145. The minimum absolute atomic E-state index is 0.423. The molecule has 2 rings (SSSR count). The van der Waals surface area contributed by atoms with Gasteiger partial charge in [0, 0.05) is 11.6 Å². The number of benzene rings is 1. The monoisotopic (exact) mass is 231 g/mol. The Bertz CT molecular complexity index is 534. The van der Waals surface area contributed by atoms with E-state index in [1.807, 2.05) is 12.1 Å². The van der Waals surface area contributed by atoms with Gasteiger partial charge < -0.3 is 9.84 Å². The molecule has 4 nitrogen and oxygen atoms in total. The van der Waals surface area contributed by atoms with Gasteiger partial charge in [-0.15, -0.1) is 0 Å². The van der Waals surface area contributed by atoms with E-state index < -0.39 is 12.1 Å². The van der Waals surface area contributed by atoms with Gasteiger partial charge in [-0.2, -0.15) is 0 Å². The zero-order valence-corrected chi connectivity index (χ0v) is 9.46. The molecule has 2 aromatic rings. The second kappa shape index (κ2) is 4.82. The second-order valence-electron chi connectivity index (χ2n) is 3.68. The molecule has 88 valence electrons. The fraction of sp³-hybridized carbons (Fsp3) is 0.231. The Morgan fingerprint density at radius 2 is 2.24 bits per heavy atom. The van der Waals surface area contributed by atoms with Gasteiger partial charge in [-0.25, -0.2) is 4.79 Å². The number of carboxylic acid groups (broad SMARTS) is 1. The van der Waals surface area contributed by atoms with E-state index in [0.29, 0.717) is 12.2 Å². The van der Waals surface area contributed by atoms with Crippen molar-refractivity contribution in [3.8, 4) is 5.75 Å². The van der Waals surface area contributed by atoms with Crippen LogP contribution in [0.5, 0.6) is 5.75 Å². The molecule has 0 bridgehead atoms. The van der Waals surface area contributed by atoms with Crippen LogP contribution in [0.3, 0.4) is 0 Å². The fourth-order valence-corrected chi connectivity index (χ4v) is 1.64. The average molecular weight is 231 g/mol. The normalized spacial score (nSPS) is 12.3. The van der Waals surface area contributed by atoms with Crippen LogP contribution < -0.4 is 4.74 Å². The van der Waals surface area contributed by atoms with Crippen molar-refractivity contribution < 1.29 is 14.6 Å². The molecule has 0 fully saturated rings. The summed E-state index contributed by atoms with van der Waals surface area (Å²) in [4.78, 5) is 15.1. The fourth-order valence-electron chi connectivity index (χ4n) is 1.64. The molecular formula is C13H13NO3.